The first-order valence-corrected chi connectivity index (χ1v) is 6.66. The third-order valence-electron chi connectivity index (χ3n) is 3.73. The maximum Gasteiger partial charge on any atom is 0.506 e. The molecular weight excluding hydrogens is 228 g/mol. The minimum atomic E-state index is -1.22. The Labute approximate surface area is 108 Å². The summed E-state index contributed by atoms with van der Waals surface area (Å²) in [7, 11) is 0. The van der Waals surface area contributed by atoms with Gasteiger partial charge in [0.05, 0.1) is 0 Å². The Morgan fingerprint density at radius 2 is 2.06 bits per heavy atom. The molecule has 1 aromatic carbocycles. The molecule has 1 atom stereocenters. The van der Waals surface area contributed by atoms with Crippen LogP contribution in [-0.2, 0) is 4.74 Å². The van der Waals surface area contributed by atoms with Crippen LogP contribution in [0.4, 0.5) is 4.79 Å². The van der Waals surface area contributed by atoms with Crippen molar-refractivity contribution in [2.24, 2.45) is 0 Å². The molecule has 0 amide bonds. The molecule has 0 radical (unpaired) electrons. The van der Waals surface area contributed by atoms with E-state index in [2.05, 4.69) is 12.1 Å². The Balaban J connectivity index is 2.11. The summed E-state index contributed by atoms with van der Waals surface area (Å²) in [6, 6.07) is 8.18. The molecule has 0 aromatic heterocycles. The standard InChI is InChI=1S/C15H20O3/c1-11(18-15(16)17)13-8-5-9-14(10-13)12-6-3-2-4-7-12/h5,8-12H,2-4,6-7H2,1H3,(H,16,17). The molecule has 0 aliphatic heterocycles. The second kappa shape index (κ2) is 5.89. The van der Waals surface area contributed by atoms with Crippen LogP contribution in [0.3, 0.4) is 0 Å². The Morgan fingerprint density at radius 3 is 2.72 bits per heavy atom. The molecule has 0 spiro atoms. The summed E-state index contributed by atoms with van der Waals surface area (Å²) in [6.07, 6.45) is 4.83. The minimum Gasteiger partial charge on any atom is -0.450 e. The van der Waals surface area contributed by atoms with Gasteiger partial charge in [0.25, 0.3) is 0 Å². The van der Waals surface area contributed by atoms with Crippen molar-refractivity contribution in [2.45, 2.75) is 51.0 Å². The van der Waals surface area contributed by atoms with Gasteiger partial charge >= 0.3 is 6.16 Å². The number of hydrogen-bond donors (Lipinski definition) is 1. The van der Waals surface area contributed by atoms with E-state index < -0.39 is 12.3 Å². The van der Waals surface area contributed by atoms with Crippen LogP contribution in [0.2, 0.25) is 0 Å². The zero-order valence-corrected chi connectivity index (χ0v) is 10.8. The van der Waals surface area contributed by atoms with Gasteiger partial charge in [0.15, 0.2) is 0 Å². The van der Waals surface area contributed by atoms with Crippen LogP contribution in [0.25, 0.3) is 0 Å². The number of carboxylic acid groups (broad SMARTS) is 1. The van der Waals surface area contributed by atoms with Gasteiger partial charge in [-0.15, -0.1) is 0 Å². The lowest BCUT2D eigenvalue weighted by atomic mass is 9.83. The molecule has 1 fully saturated rings. The Hall–Kier alpha value is -1.51. The quantitative estimate of drug-likeness (QED) is 0.801. The van der Waals surface area contributed by atoms with E-state index in [-0.39, 0.29) is 0 Å². The number of benzene rings is 1. The smallest absolute Gasteiger partial charge is 0.450 e. The van der Waals surface area contributed by atoms with Gasteiger partial charge in [-0.3, -0.25) is 0 Å². The van der Waals surface area contributed by atoms with Crippen LogP contribution in [0.5, 0.6) is 0 Å². The molecule has 3 heteroatoms. The van der Waals surface area contributed by atoms with Crippen molar-refractivity contribution >= 4 is 6.16 Å². The highest BCUT2D eigenvalue weighted by Crippen LogP contribution is 2.33. The second-order valence-electron chi connectivity index (χ2n) is 5.03. The number of hydrogen-bond acceptors (Lipinski definition) is 2. The van der Waals surface area contributed by atoms with Gasteiger partial charge in [0.2, 0.25) is 0 Å². The summed E-state index contributed by atoms with van der Waals surface area (Å²) in [4.78, 5) is 10.5. The van der Waals surface area contributed by atoms with Gasteiger partial charge < -0.3 is 9.84 Å². The van der Waals surface area contributed by atoms with Crippen molar-refractivity contribution in [2.75, 3.05) is 0 Å². The highest BCUT2D eigenvalue weighted by Gasteiger charge is 2.17. The number of rotatable bonds is 3. The van der Waals surface area contributed by atoms with Crippen LogP contribution >= 0.6 is 0 Å². The van der Waals surface area contributed by atoms with Crippen LogP contribution in [0.15, 0.2) is 24.3 Å². The first kappa shape index (κ1) is 12.9. The summed E-state index contributed by atoms with van der Waals surface area (Å²) in [6.45, 7) is 1.77. The molecular formula is C15H20O3. The SMILES string of the molecule is CC(OC(=O)O)c1cccc(C2CCCCC2)c1. The van der Waals surface area contributed by atoms with E-state index in [4.69, 9.17) is 9.84 Å². The summed E-state index contributed by atoms with van der Waals surface area (Å²) < 4.78 is 4.80. The molecule has 0 bridgehead atoms. The highest BCUT2D eigenvalue weighted by atomic mass is 16.7. The topological polar surface area (TPSA) is 46.5 Å². The van der Waals surface area contributed by atoms with Gasteiger partial charge in [-0.2, -0.15) is 0 Å². The summed E-state index contributed by atoms with van der Waals surface area (Å²) in [5.41, 5.74) is 2.27. The van der Waals surface area contributed by atoms with Crippen molar-refractivity contribution in [3.63, 3.8) is 0 Å². The summed E-state index contributed by atoms with van der Waals surface area (Å²) in [5.74, 6) is 0.635. The first-order chi connectivity index (χ1) is 8.66. The molecule has 1 saturated carbocycles. The molecule has 1 unspecified atom stereocenters. The zero-order valence-electron chi connectivity index (χ0n) is 10.8. The average Bonchev–Trinajstić information content (AvgIpc) is 2.39. The second-order valence-corrected chi connectivity index (χ2v) is 5.03. The zero-order chi connectivity index (χ0) is 13.0. The highest BCUT2D eigenvalue weighted by molar-refractivity contribution is 5.57. The molecule has 18 heavy (non-hydrogen) atoms. The fourth-order valence-corrected chi connectivity index (χ4v) is 2.72. The van der Waals surface area contributed by atoms with Crippen LogP contribution in [-0.4, -0.2) is 11.3 Å². The molecule has 2 rings (SSSR count). The van der Waals surface area contributed by atoms with Crippen molar-refractivity contribution < 1.29 is 14.6 Å². The molecule has 98 valence electrons. The summed E-state index contributed by atoms with van der Waals surface area (Å²) in [5, 5.41) is 8.64. The Kier molecular flexibility index (Phi) is 4.24. The van der Waals surface area contributed by atoms with Gasteiger partial charge in [-0.1, -0.05) is 43.5 Å². The van der Waals surface area contributed by atoms with Crippen LogP contribution < -0.4 is 0 Å². The number of ether oxygens (including phenoxy) is 1. The van der Waals surface area contributed by atoms with E-state index in [0.29, 0.717) is 5.92 Å². The molecule has 3 nitrogen and oxygen atoms in total. The van der Waals surface area contributed by atoms with Crippen molar-refractivity contribution in [3.05, 3.63) is 35.4 Å². The fourth-order valence-electron chi connectivity index (χ4n) is 2.72. The van der Waals surface area contributed by atoms with Crippen LogP contribution in [0.1, 0.15) is 62.2 Å². The van der Waals surface area contributed by atoms with E-state index in [1.165, 1.54) is 37.7 Å². The maximum atomic E-state index is 10.5. The van der Waals surface area contributed by atoms with Gasteiger partial charge in [0.1, 0.15) is 6.10 Å². The first-order valence-electron chi connectivity index (χ1n) is 6.66. The predicted octanol–water partition coefficient (Wildman–Crippen LogP) is 4.49. The molecule has 1 N–H and O–H groups in total. The molecule has 1 aliphatic rings. The van der Waals surface area contributed by atoms with Crippen molar-refractivity contribution in [1.82, 2.24) is 0 Å². The van der Waals surface area contributed by atoms with Crippen molar-refractivity contribution in [3.8, 4) is 0 Å². The van der Waals surface area contributed by atoms with Crippen molar-refractivity contribution in [1.29, 1.82) is 0 Å². The predicted molar refractivity (Wildman–Crippen MR) is 69.8 cm³/mol. The van der Waals surface area contributed by atoms with E-state index in [9.17, 15) is 4.79 Å². The average molecular weight is 248 g/mol. The molecule has 0 saturated heterocycles. The van der Waals surface area contributed by atoms with Gasteiger partial charge in [0, 0.05) is 0 Å². The van der Waals surface area contributed by atoms with E-state index in [1.807, 2.05) is 12.1 Å². The van der Waals surface area contributed by atoms with E-state index in [0.717, 1.165) is 5.56 Å². The normalized spacial score (nSPS) is 18.3. The molecule has 1 aliphatic carbocycles. The Morgan fingerprint density at radius 1 is 1.33 bits per heavy atom. The largest absolute Gasteiger partial charge is 0.506 e. The van der Waals surface area contributed by atoms with E-state index in [1.54, 1.807) is 6.92 Å². The van der Waals surface area contributed by atoms with Crippen LogP contribution in [0, 0.1) is 0 Å². The summed E-state index contributed by atoms with van der Waals surface area (Å²) >= 11 is 0. The third kappa shape index (κ3) is 3.25. The minimum absolute atomic E-state index is 0.397. The van der Waals surface area contributed by atoms with Gasteiger partial charge in [-0.05, 0) is 36.8 Å². The fraction of sp³-hybridized carbons (Fsp3) is 0.533. The molecule has 0 heterocycles. The van der Waals surface area contributed by atoms with E-state index >= 15 is 0 Å². The van der Waals surface area contributed by atoms with Gasteiger partial charge in [-0.25, -0.2) is 4.79 Å². The maximum absolute atomic E-state index is 10.5. The monoisotopic (exact) mass is 248 g/mol. The lowest BCUT2D eigenvalue weighted by molar-refractivity contribution is 0.0587. The lowest BCUT2D eigenvalue weighted by Crippen LogP contribution is -2.08. The number of carbonyl (C=O) groups is 1. The Bertz CT molecular complexity index is 408. The molecule has 1 aromatic rings. The lowest BCUT2D eigenvalue weighted by Gasteiger charge is -2.23. The third-order valence-corrected chi connectivity index (χ3v) is 3.73.